The van der Waals surface area contributed by atoms with Gasteiger partial charge in [-0.05, 0) is 31.0 Å². The third-order valence-electron chi connectivity index (χ3n) is 4.31. The van der Waals surface area contributed by atoms with Crippen LogP contribution < -0.4 is 9.47 Å². The van der Waals surface area contributed by atoms with Crippen LogP contribution in [0.3, 0.4) is 0 Å². The SMILES string of the molecule is COc1ccccc1CC(=O)N1CCCC(Oc2ccccc2)C1. The lowest BCUT2D eigenvalue weighted by Crippen LogP contribution is -2.45. The lowest BCUT2D eigenvalue weighted by Gasteiger charge is -2.33. The van der Waals surface area contributed by atoms with Gasteiger partial charge in [0.15, 0.2) is 0 Å². The van der Waals surface area contributed by atoms with Crippen molar-refractivity contribution < 1.29 is 14.3 Å². The molecule has 1 atom stereocenters. The van der Waals surface area contributed by atoms with Crippen LogP contribution in [0.4, 0.5) is 0 Å². The Balaban J connectivity index is 1.60. The minimum Gasteiger partial charge on any atom is -0.496 e. The molecule has 0 aliphatic carbocycles. The first-order valence-corrected chi connectivity index (χ1v) is 8.37. The van der Waals surface area contributed by atoms with E-state index < -0.39 is 0 Å². The Hall–Kier alpha value is -2.49. The van der Waals surface area contributed by atoms with Crippen molar-refractivity contribution in [3.05, 3.63) is 60.2 Å². The second-order valence-corrected chi connectivity index (χ2v) is 6.02. The van der Waals surface area contributed by atoms with Gasteiger partial charge in [-0.2, -0.15) is 0 Å². The van der Waals surface area contributed by atoms with Crippen LogP contribution in [0.2, 0.25) is 0 Å². The molecule has 0 spiro atoms. The molecule has 0 radical (unpaired) electrons. The Morgan fingerprint density at radius 1 is 1.12 bits per heavy atom. The lowest BCUT2D eigenvalue weighted by molar-refractivity contribution is -0.133. The van der Waals surface area contributed by atoms with Gasteiger partial charge >= 0.3 is 0 Å². The van der Waals surface area contributed by atoms with Crippen LogP contribution in [-0.4, -0.2) is 37.1 Å². The predicted octanol–water partition coefficient (Wildman–Crippen LogP) is 3.31. The van der Waals surface area contributed by atoms with Crippen molar-refractivity contribution in [3.8, 4) is 11.5 Å². The molecule has 24 heavy (non-hydrogen) atoms. The molecule has 0 bridgehead atoms. The highest BCUT2D eigenvalue weighted by Crippen LogP contribution is 2.21. The third kappa shape index (κ3) is 4.07. The van der Waals surface area contributed by atoms with E-state index in [0.717, 1.165) is 36.4 Å². The van der Waals surface area contributed by atoms with E-state index in [4.69, 9.17) is 9.47 Å². The molecule has 1 fully saturated rings. The van der Waals surface area contributed by atoms with E-state index in [1.165, 1.54) is 0 Å². The van der Waals surface area contributed by atoms with Crippen LogP contribution in [0, 0.1) is 0 Å². The molecule has 1 aliphatic rings. The fourth-order valence-electron chi connectivity index (χ4n) is 3.08. The van der Waals surface area contributed by atoms with Gasteiger partial charge in [0.25, 0.3) is 0 Å². The Morgan fingerprint density at radius 2 is 1.88 bits per heavy atom. The molecular formula is C20H23NO3. The summed E-state index contributed by atoms with van der Waals surface area (Å²) in [6.07, 6.45) is 2.37. The van der Waals surface area contributed by atoms with Gasteiger partial charge in [0.05, 0.1) is 20.1 Å². The average Bonchev–Trinajstić information content (AvgIpc) is 2.63. The molecule has 4 heteroatoms. The van der Waals surface area contributed by atoms with E-state index in [1.54, 1.807) is 7.11 Å². The number of hydrogen-bond acceptors (Lipinski definition) is 3. The summed E-state index contributed by atoms with van der Waals surface area (Å²) in [5.74, 6) is 1.75. The van der Waals surface area contributed by atoms with Crippen LogP contribution in [0.15, 0.2) is 54.6 Å². The summed E-state index contributed by atoms with van der Waals surface area (Å²) in [5.41, 5.74) is 0.927. The van der Waals surface area contributed by atoms with Crippen molar-refractivity contribution in [2.24, 2.45) is 0 Å². The van der Waals surface area contributed by atoms with Gasteiger partial charge in [-0.15, -0.1) is 0 Å². The van der Waals surface area contributed by atoms with Gasteiger partial charge in [0, 0.05) is 12.1 Å². The van der Waals surface area contributed by atoms with Crippen LogP contribution in [0.5, 0.6) is 11.5 Å². The lowest BCUT2D eigenvalue weighted by atomic mass is 10.1. The Morgan fingerprint density at radius 3 is 2.67 bits per heavy atom. The Bertz CT molecular complexity index is 672. The number of rotatable bonds is 5. The molecular weight excluding hydrogens is 302 g/mol. The minimum absolute atomic E-state index is 0.0581. The standard InChI is InChI=1S/C20H23NO3/c1-23-19-12-6-5-8-16(19)14-20(22)21-13-7-11-18(15-21)24-17-9-3-2-4-10-17/h2-6,8-10,12,18H,7,11,13-15H2,1H3. The van der Waals surface area contributed by atoms with Gasteiger partial charge in [-0.3, -0.25) is 4.79 Å². The van der Waals surface area contributed by atoms with Crippen molar-refractivity contribution in [3.63, 3.8) is 0 Å². The van der Waals surface area contributed by atoms with E-state index in [1.807, 2.05) is 59.5 Å². The number of para-hydroxylation sites is 2. The zero-order valence-corrected chi connectivity index (χ0v) is 14.0. The molecule has 1 unspecified atom stereocenters. The van der Waals surface area contributed by atoms with Gasteiger partial charge in [-0.25, -0.2) is 0 Å². The number of methoxy groups -OCH3 is 1. The van der Waals surface area contributed by atoms with Crippen LogP contribution in [0.25, 0.3) is 0 Å². The number of amides is 1. The second-order valence-electron chi connectivity index (χ2n) is 6.02. The summed E-state index contributed by atoms with van der Waals surface area (Å²) in [4.78, 5) is 14.6. The molecule has 1 aliphatic heterocycles. The first kappa shape index (κ1) is 16.4. The molecule has 0 saturated carbocycles. The van der Waals surface area contributed by atoms with E-state index in [9.17, 15) is 4.79 Å². The highest BCUT2D eigenvalue weighted by molar-refractivity contribution is 5.79. The smallest absolute Gasteiger partial charge is 0.227 e. The summed E-state index contributed by atoms with van der Waals surface area (Å²) in [5, 5.41) is 0. The average molecular weight is 325 g/mol. The molecule has 4 nitrogen and oxygen atoms in total. The largest absolute Gasteiger partial charge is 0.496 e. The zero-order valence-electron chi connectivity index (χ0n) is 14.0. The number of hydrogen-bond donors (Lipinski definition) is 0. The summed E-state index contributed by atoms with van der Waals surface area (Å²) in [7, 11) is 1.63. The summed E-state index contributed by atoms with van der Waals surface area (Å²) >= 11 is 0. The fraction of sp³-hybridized carbons (Fsp3) is 0.350. The maximum atomic E-state index is 12.6. The summed E-state index contributed by atoms with van der Waals surface area (Å²) < 4.78 is 11.4. The number of carbonyl (C=O) groups is 1. The molecule has 1 amide bonds. The first-order valence-electron chi connectivity index (χ1n) is 8.37. The normalized spacial score (nSPS) is 17.4. The van der Waals surface area contributed by atoms with E-state index in [0.29, 0.717) is 13.0 Å². The van der Waals surface area contributed by atoms with Crippen molar-refractivity contribution in [2.45, 2.75) is 25.4 Å². The third-order valence-corrected chi connectivity index (χ3v) is 4.31. The highest BCUT2D eigenvalue weighted by Gasteiger charge is 2.25. The molecule has 2 aromatic rings. The number of likely N-dealkylation sites (tertiary alicyclic amines) is 1. The maximum Gasteiger partial charge on any atom is 0.227 e. The monoisotopic (exact) mass is 325 g/mol. The van der Waals surface area contributed by atoms with Crippen LogP contribution >= 0.6 is 0 Å². The van der Waals surface area contributed by atoms with Crippen molar-refractivity contribution in [2.75, 3.05) is 20.2 Å². The topological polar surface area (TPSA) is 38.8 Å². The highest BCUT2D eigenvalue weighted by atomic mass is 16.5. The van der Waals surface area contributed by atoms with Crippen LogP contribution in [0.1, 0.15) is 18.4 Å². The van der Waals surface area contributed by atoms with Crippen molar-refractivity contribution in [1.82, 2.24) is 4.90 Å². The molecule has 0 N–H and O–H groups in total. The summed E-state index contributed by atoms with van der Waals surface area (Å²) in [6, 6.07) is 17.5. The van der Waals surface area contributed by atoms with E-state index in [-0.39, 0.29) is 12.0 Å². The quantitative estimate of drug-likeness (QED) is 0.846. The van der Waals surface area contributed by atoms with Crippen molar-refractivity contribution in [1.29, 1.82) is 0 Å². The van der Waals surface area contributed by atoms with Crippen LogP contribution in [-0.2, 0) is 11.2 Å². The number of nitrogens with zero attached hydrogens (tertiary/aromatic N) is 1. The molecule has 126 valence electrons. The number of piperidine rings is 1. The molecule has 3 rings (SSSR count). The first-order chi connectivity index (χ1) is 11.8. The fourth-order valence-corrected chi connectivity index (χ4v) is 3.08. The minimum atomic E-state index is 0.0581. The number of ether oxygens (including phenoxy) is 2. The molecule has 1 heterocycles. The van der Waals surface area contributed by atoms with Gasteiger partial charge < -0.3 is 14.4 Å². The maximum absolute atomic E-state index is 12.6. The van der Waals surface area contributed by atoms with Gasteiger partial charge in [0.1, 0.15) is 17.6 Å². The van der Waals surface area contributed by atoms with Crippen molar-refractivity contribution >= 4 is 5.91 Å². The molecule has 1 saturated heterocycles. The van der Waals surface area contributed by atoms with Gasteiger partial charge in [0.2, 0.25) is 5.91 Å². The molecule has 0 aromatic heterocycles. The zero-order chi connectivity index (χ0) is 16.8. The van der Waals surface area contributed by atoms with Gasteiger partial charge in [-0.1, -0.05) is 36.4 Å². The Kier molecular flexibility index (Phi) is 5.36. The van der Waals surface area contributed by atoms with E-state index in [2.05, 4.69) is 0 Å². The number of carbonyl (C=O) groups excluding carboxylic acids is 1. The second kappa shape index (κ2) is 7.86. The predicted molar refractivity (Wildman–Crippen MR) is 93.4 cm³/mol. The summed E-state index contributed by atoms with van der Waals surface area (Å²) in [6.45, 7) is 1.44. The van der Waals surface area contributed by atoms with E-state index >= 15 is 0 Å². The number of benzene rings is 2. The molecule has 2 aromatic carbocycles. The Labute approximate surface area is 143 Å².